The summed E-state index contributed by atoms with van der Waals surface area (Å²) in [5.41, 5.74) is 0. The molecule has 0 radical (unpaired) electrons. The highest BCUT2D eigenvalue weighted by molar-refractivity contribution is 7.23. The summed E-state index contributed by atoms with van der Waals surface area (Å²) < 4.78 is 15.3. The summed E-state index contributed by atoms with van der Waals surface area (Å²) in [6.07, 6.45) is 1.19. The van der Waals surface area contributed by atoms with E-state index in [1.807, 2.05) is 13.8 Å². The van der Waals surface area contributed by atoms with Crippen molar-refractivity contribution in [1.82, 2.24) is 0 Å². The van der Waals surface area contributed by atoms with Crippen LogP contribution < -0.4 is 0 Å². The van der Waals surface area contributed by atoms with E-state index in [1.54, 1.807) is 6.92 Å². The van der Waals surface area contributed by atoms with Gasteiger partial charge in [-0.1, -0.05) is 18.4 Å². The maximum absolute atomic E-state index is 11.3. The van der Waals surface area contributed by atoms with Crippen LogP contribution in [0.3, 0.4) is 0 Å². The molecule has 4 heteroatoms. The van der Waals surface area contributed by atoms with Crippen molar-refractivity contribution in [2.24, 2.45) is 11.8 Å². The Morgan fingerprint density at radius 1 is 1.46 bits per heavy atom. The van der Waals surface area contributed by atoms with Crippen LogP contribution in [-0.2, 0) is 14.1 Å². The zero-order valence-electron chi connectivity index (χ0n) is 8.50. The molecule has 0 amide bonds. The largest absolute Gasteiger partial charge is 0.466 e. The van der Waals surface area contributed by atoms with Crippen molar-refractivity contribution in [3.05, 3.63) is 0 Å². The van der Waals surface area contributed by atoms with Crippen LogP contribution in [0.25, 0.3) is 0 Å². The number of ether oxygens (including phenoxy) is 1. The smallest absolute Gasteiger partial charge is 0.325 e. The van der Waals surface area contributed by atoms with E-state index in [4.69, 9.17) is 4.74 Å². The molecule has 76 valence electrons. The van der Waals surface area contributed by atoms with Gasteiger partial charge in [0.1, 0.15) is 5.92 Å². The molecule has 0 rings (SSSR count). The lowest BCUT2D eigenvalue weighted by Crippen LogP contribution is -2.21. The molecule has 13 heavy (non-hydrogen) atoms. The van der Waals surface area contributed by atoms with Crippen LogP contribution in [-0.4, -0.2) is 18.7 Å². The minimum absolute atomic E-state index is 0.184. The van der Waals surface area contributed by atoms with Gasteiger partial charge in [0.15, 0.2) is 6.16 Å². The first-order valence-electron chi connectivity index (χ1n) is 4.63. The third-order valence-electron chi connectivity index (χ3n) is 1.71. The Balaban J connectivity index is 4.05. The standard InChI is InChI=1S/C9H17O3P/c1-4-12-9(10)8(6-13-11)5-7(2)3/h7-8H,4-6H2,1-3H3/p+1. The summed E-state index contributed by atoms with van der Waals surface area (Å²) in [5.74, 6) is 0.0427. The van der Waals surface area contributed by atoms with Gasteiger partial charge >= 0.3 is 14.4 Å². The van der Waals surface area contributed by atoms with Crippen molar-refractivity contribution < 1.29 is 14.1 Å². The minimum Gasteiger partial charge on any atom is -0.466 e. The van der Waals surface area contributed by atoms with E-state index in [9.17, 15) is 9.36 Å². The zero-order valence-corrected chi connectivity index (χ0v) is 9.50. The topological polar surface area (TPSA) is 43.4 Å². The molecule has 0 fully saturated rings. The van der Waals surface area contributed by atoms with E-state index < -0.39 is 8.46 Å². The molecule has 0 spiro atoms. The van der Waals surface area contributed by atoms with Crippen LogP contribution in [0.15, 0.2) is 0 Å². The molecule has 0 saturated heterocycles. The Morgan fingerprint density at radius 3 is 2.46 bits per heavy atom. The summed E-state index contributed by atoms with van der Waals surface area (Å²) in [6, 6.07) is 0. The van der Waals surface area contributed by atoms with E-state index in [0.717, 1.165) is 6.42 Å². The van der Waals surface area contributed by atoms with Crippen molar-refractivity contribution >= 4 is 14.4 Å². The van der Waals surface area contributed by atoms with Gasteiger partial charge in [0.25, 0.3) is 0 Å². The Hall–Kier alpha value is -0.430. The average molecular weight is 205 g/mol. The third-order valence-corrected chi connectivity index (χ3v) is 2.37. The molecule has 0 aromatic carbocycles. The predicted octanol–water partition coefficient (Wildman–Crippen LogP) is 2.24. The molecule has 2 atom stereocenters. The Labute approximate surface area is 81.1 Å². The second-order valence-electron chi connectivity index (χ2n) is 3.43. The predicted molar refractivity (Wildman–Crippen MR) is 53.4 cm³/mol. The number of hydrogen-bond donors (Lipinski definition) is 0. The third kappa shape index (κ3) is 5.75. The van der Waals surface area contributed by atoms with Crippen LogP contribution in [0.2, 0.25) is 0 Å². The quantitative estimate of drug-likeness (QED) is 0.493. The highest BCUT2D eigenvalue weighted by Crippen LogP contribution is 2.17. The molecule has 2 unspecified atom stereocenters. The highest BCUT2D eigenvalue weighted by atomic mass is 31.1. The van der Waals surface area contributed by atoms with Gasteiger partial charge in [-0.2, -0.15) is 0 Å². The molecule has 0 saturated carbocycles. The van der Waals surface area contributed by atoms with E-state index in [1.165, 1.54) is 0 Å². The van der Waals surface area contributed by atoms with Gasteiger partial charge in [0.05, 0.1) is 6.61 Å². The number of esters is 1. The van der Waals surface area contributed by atoms with Gasteiger partial charge in [0, 0.05) is 0 Å². The van der Waals surface area contributed by atoms with Crippen LogP contribution in [0.1, 0.15) is 27.2 Å². The Bertz CT molecular complexity index is 168. The second kappa shape index (κ2) is 7.02. The van der Waals surface area contributed by atoms with Crippen molar-refractivity contribution in [2.45, 2.75) is 27.2 Å². The van der Waals surface area contributed by atoms with Crippen LogP contribution in [0.5, 0.6) is 0 Å². The van der Waals surface area contributed by atoms with Gasteiger partial charge in [-0.3, -0.25) is 4.79 Å². The number of carbonyl (C=O) groups is 1. The summed E-state index contributed by atoms with van der Waals surface area (Å²) >= 11 is 0. The van der Waals surface area contributed by atoms with Crippen LogP contribution >= 0.6 is 8.46 Å². The summed E-state index contributed by atoms with van der Waals surface area (Å²) in [6.45, 7) is 6.26. The van der Waals surface area contributed by atoms with Crippen molar-refractivity contribution in [3.63, 3.8) is 0 Å². The molecular formula is C9H18O3P+. The number of hydrogen-bond acceptors (Lipinski definition) is 3. The first-order chi connectivity index (χ1) is 6.11. The van der Waals surface area contributed by atoms with E-state index in [-0.39, 0.29) is 11.9 Å². The van der Waals surface area contributed by atoms with Gasteiger partial charge < -0.3 is 4.74 Å². The Morgan fingerprint density at radius 2 is 2.08 bits per heavy atom. The number of rotatable bonds is 6. The van der Waals surface area contributed by atoms with Crippen molar-refractivity contribution in [3.8, 4) is 0 Å². The first-order valence-corrected chi connectivity index (χ1v) is 5.75. The SMILES string of the molecule is CCOC(=O)C(C[PH+]=O)CC(C)C. The Kier molecular flexibility index (Phi) is 6.79. The van der Waals surface area contributed by atoms with Crippen LogP contribution in [0.4, 0.5) is 0 Å². The molecule has 0 N–H and O–H groups in total. The first kappa shape index (κ1) is 12.6. The molecule has 0 heterocycles. The van der Waals surface area contributed by atoms with E-state index >= 15 is 0 Å². The molecule has 3 nitrogen and oxygen atoms in total. The van der Waals surface area contributed by atoms with Gasteiger partial charge in [-0.15, -0.1) is 0 Å². The van der Waals surface area contributed by atoms with Crippen LogP contribution in [0, 0.1) is 11.8 Å². The second-order valence-corrected chi connectivity index (χ2v) is 4.12. The summed E-state index contributed by atoms with van der Waals surface area (Å²) in [7, 11) is -0.416. The fourth-order valence-electron chi connectivity index (χ4n) is 1.19. The lowest BCUT2D eigenvalue weighted by Gasteiger charge is -2.12. The average Bonchev–Trinajstić information content (AvgIpc) is 2.03. The van der Waals surface area contributed by atoms with Crippen molar-refractivity contribution in [1.29, 1.82) is 0 Å². The molecule has 0 aliphatic rings. The number of carbonyl (C=O) groups excluding carboxylic acids is 1. The molecule has 0 aliphatic heterocycles. The van der Waals surface area contributed by atoms with E-state index in [0.29, 0.717) is 18.7 Å². The molecule has 0 aromatic heterocycles. The van der Waals surface area contributed by atoms with Gasteiger partial charge in [0.2, 0.25) is 0 Å². The van der Waals surface area contributed by atoms with E-state index in [2.05, 4.69) is 0 Å². The molecular weight excluding hydrogens is 187 g/mol. The van der Waals surface area contributed by atoms with Gasteiger partial charge in [-0.25, -0.2) is 0 Å². The van der Waals surface area contributed by atoms with Crippen molar-refractivity contribution in [2.75, 3.05) is 12.8 Å². The molecule has 0 aromatic rings. The minimum atomic E-state index is -0.416. The zero-order chi connectivity index (χ0) is 10.3. The lowest BCUT2D eigenvalue weighted by atomic mass is 9.99. The summed E-state index contributed by atoms with van der Waals surface area (Å²) in [5, 5.41) is 0. The highest BCUT2D eigenvalue weighted by Gasteiger charge is 2.23. The fourth-order valence-corrected chi connectivity index (χ4v) is 1.73. The maximum atomic E-state index is 11.3. The summed E-state index contributed by atoms with van der Waals surface area (Å²) in [4.78, 5) is 11.3. The molecule has 0 aliphatic carbocycles. The van der Waals surface area contributed by atoms with Gasteiger partial charge in [-0.05, 0) is 19.3 Å². The molecule has 0 bridgehead atoms. The monoisotopic (exact) mass is 205 g/mol. The normalized spacial score (nSPS) is 13.2. The lowest BCUT2D eigenvalue weighted by molar-refractivity contribution is -0.147. The fraction of sp³-hybridized carbons (Fsp3) is 0.889. The maximum Gasteiger partial charge on any atom is 0.325 e.